The van der Waals surface area contributed by atoms with Gasteiger partial charge in [0.1, 0.15) is 5.82 Å². The normalized spacial score (nSPS) is 12.5. The lowest BCUT2D eigenvalue weighted by atomic mass is 9.93. The number of nitrogens with one attached hydrogen (secondary N) is 1. The fourth-order valence-corrected chi connectivity index (χ4v) is 2.54. The van der Waals surface area contributed by atoms with Crippen molar-refractivity contribution in [3.8, 4) is 0 Å². The molecule has 2 rings (SSSR count). The molecule has 0 aliphatic carbocycles. The third-order valence-electron chi connectivity index (χ3n) is 3.40. The summed E-state index contributed by atoms with van der Waals surface area (Å²) in [5.74, 6) is 5.41. The number of rotatable bonds is 3. The lowest BCUT2D eigenvalue weighted by Gasteiger charge is -2.20. The maximum Gasteiger partial charge on any atom is 0.137 e. The Bertz CT molecular complexity index is 599. The van der Waals surface area contributed by atoms with E-state index in [2.05, 4.69) is 41.3 Å². The van der Waals surface area contributed by atoms with Crippen molar-refractivity contribution in [1.82, 2.24) is 5.43 Å². The van der Waals surface area contributed by atoms with E-state index in [1.807, 2.05) is 12.1 Å². The fraction of sp³-hybridized carbons (Fsp3) is 0.200. The van der Waals surface area contributed by atoms with E-state index in [0.29, 0.717) is 4.47 Å². The maximum atomic E-state index is 13.3. The van der Waals surface area contributed by atoms with Crippen LogP contribution in [0, 0.1) is 19.7 Å². The summed E-state index contributed by atoms with van der Waals surface area (Å²) in [4.78, 5) is 0. The molecule has 3 N–H and O–H groups in total. The van der Waals surface area contributed by atoms with Crippen molar-refractivity contribution in [3.05, 3.63) is 68.9 Å². The lowest BCUT2D eigenvalue weighted by molar-refractivity contribution is 0.609. The average molecular weight is 323 g/mol. The van der Waals surface area contributed by atoms with Gasteiger partial charge >= 0.3 is 0 Å². The highest BCUT2D eigenvalue weighted by Crippen LogP contribution is 2.28. The Morgan fingerprint density at radius 2 is 1.95 bits per heavy atom. The van der Waals surface area contributed by atoms with Crippen molar-refractivity contribution in [2.24, 2.45) is 5.84 Å². The van der Waals surface area contributed by atoms with Crippen molar-refractivity contribution in [2.45, 2.75) is 19.9 Å². The van der Waals surface area contributed by atoms with E-state index in [1.54, 1.807) is 12.1 Å². The van der Waals surface area contributed by atoms with Gasteiger partial charge in [0.05, 0.1) is 10.5 Å². The third kappa shape index (κ3) is 2.86. The molecule has 0 fully saturated rings. The molecule has 1 atom stereocenters. The SMILES string of the molecule is Cc1cccc(C(NN)c2ccc(F)c(Br)c2)c1C. The monoisotopic (exact) mass is 322 g/mol. The van der Waals surface area contributed by atoms with Crippen LogP contribution in [0.5, 0.6) is 0 Å². The standard InChI is InChI=1S/C15H16BrFN2/c1-9-4-3-5-12(10(9)2)15(19-18)11-6-7-14(17)13(16)8-11/h3-8,15,19H,18H2,1-2H3. The largest absolute Gasteiger partial charge is 0.271 e. The number of aryl methyl sites for hydroxylation is 1. The van der Waals surface area contributed by atoms with Gasteiger partial charge in [-0.05, 0) is 64.2 Å². The molecule has 0 radical (unpaired) electrons. The smallest absolute Gasteiger partial charge is 0.137 e. The van der Waals surface area contributed by atoms with Crippen LogP contribution in [0.15, 0.2) is 40.9 Å². The van der Waals surface area contributed by atoms with Gasteiger partial charge in [0.2, 0.25) is 0 Å². The molecule has 0 aliphatic rings. The molecule has 19 heavy (non-hydrogen) atoms. The van der Waals surface area contributed by atoms with Gasteiger partial charge in [-0.15, -0.1) is 0 Å². The molecule has 2 aromatic rings. The Morgan fingerprint density at radius 3 is 2.58 bits per heavy atom. The van der Waals surface area contributed by atoms with Gasteiger partial charge in [0, 0.05) is 0 Å². The molecule has 2 nitrogen and oxygen atoms in total. The molecular formula is C15H16BrFN2. The summed E-state index contributed by atoms with van der Waals surface area (Å²) in [7, 11) is 0. The first-order valence-electron chi connectivity index (χ1n) is 6.01. The van der Waals surface area contributed by atoms with E-state index >= 15 is 0 Å². The topological polar surface area (TPSA) is 38.0 Å². The van der Waals surface area contributed by atoms with Crippen LogP contribution in [0.3, 0.4) is 0 Å². The molecule has 2 aromatic carbocycles. The molecule has 4 heteroatoms. The molecule has 0 aliphatic heterocycles. The van der Waals surface area contributed by atoms with Crippen LogP contribution >= 0.6 is 15.9 Å². The van der Waals surface area contributed by atoms with Gasteiger partial charge in [0.15, 0.2) is 0 Å². The van der Waals surface area contributed by atoms with E-state index in [0.717, 1.165) is 11.1 Å². The molecule has 0 saturated carbocycles. The molecule has 0 amide bonds. The minimum Gasteiger partial charge on any atom is -0.271 e. The Morgan fingerprint density at radius 1 is 1.21 bits per heavy atom. The fourth-order valence-electron chi connectivity index (χ4n) is 2.14. The van der Waals surface area contributed by atoms with Crippen LogP contribution in [0.2, 0.25) is 0 Å². The summed E-state index contributed by atoms with van der Waals surface area (Å²) in [6.45, 7) is 4.13. The summed E-state index contributed by atoms with van der Waals surface area (Å²) in [6, 6.07) is 10.9. The number of benzene rings is 2. The van der Waals surface area contributed by atoms with E-state index in [4.69, 9.17) is 5.84 Å². The van der Waals surface area contributed by atoms with Gasteiger partial charge in [-0.25, -0.2) is 9.82 Å². The number of halogens is 2. The highest BCUT2D eigenvalue weighted by Gasteiger charge is 2.16. The van der Waals surface area contributed by atoms with Crippen LogP contribution in [-0.4, -0.2) is 0 Å². The summed E-state index contributed by atoms with van der Waals surface area (Å²) in [5.41, 5.74) is 7.22. The van der Waals surface area contributed by atoms with Crippen molar-refractivity contribution < 1.29 is 4.39 Å². The van der Waals surface area contributed by atoms with Gasteiger partial charge in [-0.3, -0.25) is 5.84 Å². The van der Waals surface area contributed by atoms with E-state index < -0.39 is 0 Å². The molecule has 1 unspecified atom stereocenters. The van der Waals surface area contributed by atoms with Crippen LogP contribution in [0.4, 0.5) is 4.39 Å². The van der Waals surface area contributed by atoms with Crippen molar-refractivity contribution in [3.63, 3.8) is 0 Å². The molecule has 100 valence electrons. The first-order valence-corrected chi connectivity index (χ1v) is 6.81. The second kappa shape index (κ2) is 5.82. The lowest BCUT2D eigenvalue weighted by Crippen LogP contribution is -2.29. The first kappa shape index (κ1) is 14.2. The number of hydrogen-bond acceptors (Lipinski definition) is 2. The second-order valence-corrected chi connectivity index (χ2v) is 5.42. The minimum absolute atomic E-state index is 0.156. The Labute approximate surface area is 120 Å². The Kier molecular flexibility index (Phi) is 4.34. The number of nitrogens with two attached hydrogens (primary N) is 1. The number of hydrogen-bond donors (Lipinski definition) is 2. The molecule has 0 bridgehead atoms. The van der Waals surface area contributed by atoms with E-state index in [1.165, 1.54) is 17.2 Å². The highest BCUT2D eigenvalue weighted by molar-refractivity contribution is 9.10. The number of hydrazine groups is 1. The zero-order valence-electron chi connectivity index (χ0n) is 10.9. The van der Waals surface area contributed by atoms with E-state index in [9.17, 15) is 4.39 Å². The molecule has 0 saturated heterocycles. The second-order valence-electron chi connectivity index (χ2n) is 4.56. The maximum absolute atomic E-state index is 13.3. The first-order chi connectivity index (χ1) is 9.04. The van der Waals surface area contributed by atoms with Crippen molar-refractivity contribution >= 4 is 15.9 Å². The predicted octanol–water partition coefficient (Wildman–Crippen LogP) is 3.76. The zero-order chi connectivity index (χ0) is 14.0. The van der Waals surface area contributed by atoms with Gasteiger partial charge in [0.25, 0.3) is 0 Å². The molecule has 0 spiro atoms. The Balaban J connectivity index is 2.50. The van der Waals surface area contributed by atoms with Gasteiger partial charge < -0.3 is 0 Å². The summed E-state index contributed by atoms with van der Waals surface area (Å²) in [6.07, 6.45) is 0. The van der Waals surface area contributed by atoms with E-state index in [-0.39, 0.29) is 11.9 Å². The van der Waals surface area contributed by atoms with Gasteiger partial charge in [-0.2, -0.15) is 0 Å². The molecule has 0 aromatic heterocycles. The zero-order valence-corrected chi connectivity index (χ0v) is 12.5. The summed E-state index contributed by atoms with van der Waals surface area (Å²) < 4.78 is 13.8. The quantitative estimate of drug-likeness (QED) is 0.667. The third-order valence-corrected chi connectivity index (χ3v) is 4.01. The molecular weight excluding hydrogens is 307 g/mol. The molecule has 0 heterocycles. The average Bonchev–Trinajstić information content (AvgIpc) is 2.39. The Hall–Kier alpha value is -1.23. The van der Waals surface area contributed by atoms with Crippen LogP contribution < -0.4 is 11.3 Å². The summed E-state index contributed by atoms with van der Waals surface area (Å²) in [5, 5.41) is 0. The minimum atomic E-state index is -0.277. The van der Waals surface area contributed by atoms with Crippen molar-refractivity contribution in [1.29, 1.82) is 0 Å². The predicted molar refractivity (Wildman–Crippen MR) is 79.2 cm³/mol. The van der Waals surface area contributed by atoms with Crippen LogP contribution in [0.1, 0.15) is 28.3 Å². The summed E-state index contributed by atoms with van der Waals surface area (Å²) >= 11 is 3.21. The van der Waals surface area contributed by atoms with Gasteiger partial charge in [-0.1, -0.05) is 24.3 Å². The highest BCUT2D eigenvalue weighted by atomic mass is 79.9. The van der Waals surface area contributed by atoms with Crippen LogP contribution in [-0.2, 0) is 0 Å². The van der Waals surface area contributed by atoms with Crippen molar-refractivity contribution in [2.75, 3.05) is 0 Å². The van der Waals surface area contributed by atoms with Crippen LogP contribution in [0.25, 0.3) is 0 Å².